The average molecular weight is 481 g/mol. The molecule has 0 unspecified atom stereocenters. The van der Waals surface area contributed by atoms with Crippen LogP contribution in [0.25, 0.3) is 0 Å². The van der Waals surface area contributed by atoms with E-state index in [1.165, 1.54) is 11.1 Å². The van der Waals surface area contributed by atoms with Gasteiger partial charge in [0, 0.05) is 11.6 Å². The molecule has 0 fully saturated rings. The van der Waals surface area contributed by atoms with Gasteiger partial charge in [-0.1, -0.05) is 65.2 Å². The van der Waals surface area contributed by atoms with E-state index in [0.717, 1.165) is 29.1 Å². The smallest absolute Gasteiger partial charge is 0.180 e. The second-order valence-corrected chi connectivity index (χ2v) is 8.01. The molecule has 31 heavy (non-hydrogen) atoms. The molecule has 0 amide bonds. The third kappa shape index (κ3) is 7.93. The first kappa shape index (κ1) is 25.4. The number of benzene rings is 3. The molecule has 1 N–H and O–H groups in total. The molecule has 3 aromatic rings. The summed E-state index contributed by atoms with van der Waals surface area (Å²) in [5.41, 5.74) is 4.62. The van der Waals surface area contributed by atoms with E-state index in [9.17, 15) is 0 Å². The summed E-state index contributed by atoms with van der Waals surface area (Å²) in [4.78, 5) is 0. The first-order valence-corrected chi connectivity index (χ1v) is 10.9. The number of ether oxygens (including phenoxy) is 2. The first-order chi connectivity index (χ1) is 14.5. The zero-order chi connectivity index (χ0) is 21.3. The van der Waals surface area contributed by atoms with Crippen molar-refractivity contribution < 1.29 is 9.47 Å². The van der Waals surface area contributed by atoms with Gasteiger partial charge in [0.05, 0.1) is 11.6 Å². The topological polar surface area (TPSA) is 30.5 Å². The van der Waals surface area contributed by atoms with Gasteiger partial charge in [-0.05, 0) is 67.8 Å². The van der Waals surface area contributed by atoms with Gasteiger partial charge in [0.15, 0.2) is 11.5 Å². The normalized spacial score (nSPS) is 10.5. The van der Waals surface area contributed by atoms with E-state index in [-0.39, 0.29) is 12.4 Å². The van der Waals surface area contributed by atoms with E-state index >= 15 is 0 Å². The SMILES string of the molecule is CCOc1cc(CNCCc2ccc(Cl)cc2)cc(Cl)c1OCc1ccc(C)cc1.Cl. The predicted molar refractivity (Wildman–Crippen MR) is 132 cm³/mol. The molecule has 0 bridgehead atoms. The summed E-state index contributed by atoms with van der Waals surface area (Å²) in [5, 5.41) is 4.77. The van der Waals surface area contributed by atoms with Crippen molar-refractivity contribution in [3.05, 3.63) is 93.0 Å². The minimum absolute atomic E-state index is 0. The lowest BCUT2D eigenvalue weighted by Crippen LogP contribution is -2.16. The summed E-state index contributed by atoms with van der Waals surface area (Å²) in [7, 11) is 0. The van der Waals surface area contributed by atoms with Crippen molar-refractivity contribution in [2.24, 2.45) is 0 Å². The molecule has 0 aliphatic rings. The van der Waals surface area contributed by atoms with Gasteiger partial charge in [-0.15, -0.1) is 12.4 Å². The zero-order valence-corrected chi connectivity index (χ0v) is 20.1. The Balaban J connectivity index is 0.00000341. The minimum Gasteiger partial charge on any atom is -0.490 e. The van der Waals surface area contributed by atoms with Crippen molar-refractivity contribution in [1.29, 1.82) is 0 Å². The van der Waals surface area contributed by atoms with E-state index in [1.54, 1.807) is 0 Å². The van der Waals surface area contributed by atoms with Crippen LogP contribution in [0.4, 0.5) is 0 Å². The van der Waals surface area contributed by atoms with E-state index < -0.39 is 0 Å². The fraction of sp³-hybridized carbons (Fsp3) is 0.280. The quantitative estimate of drug-likeness (QED) is 0.316. The minimum atomic E-state index is 0. The molecule has 0 saturated heterocycles. The molecule has 0 spiro atoms. The Hall–Kier alpha value is -1.91. The Kier molecular flexibility index (Phi) is 10.5. The summed E-state index contributed by atoms with van der Waals surface area (Å²) in [6.07, 6.45) is 0.932. The highest BCUT2D eigenvalue weighted by molar-refractivity contribution is 6.32. The summed E-state index contributed by atoms with van der Waals surface area (Å²) >= 11 is 12.5. The Morgan fingerprint density at radius 3 is 2.19 bits per heavy atom. The first-order valence-electron chi connectivity index (χ1n) is 10.1. The standard InChI is InChI=1S/C25H27Cl2NO2.ClH/c1-3-29-24-15-21(16-28-13-12-19-8-10-22(26)11-9-19)14-23(27)25(24)30-17-20-6-4-18(2)5-7-20;/h4-11,14-15,28H,3,12-13,16-17H2,1-2H3;1H. The maximum Gasteiger partial charge on any atom is 0.180 e. The number of nitrogens with one attached hydrogen (secondary N) is 1. The number of hydrogen-bond donors (Lipinski definition) is 1. The summed E-state index contributed by atoms with van der Waals surface area (Å²) in [6.45, 7) is 6.57. The Morgan fingerprint density at radius 1 is 0.839 bits per heavy atom. The lowest BCUT2D eigenvalue weighted by Gasteiger charge is -2.16. The van der Waals surface area contributed by atoms with Crippen molar-refractivity contribution in [3.8, 4) is 11.5 Å². The van der Waals surface area contributed by atoms with Gasteiger partial charge in [0.2, 0.25) is 0 Å². The van der Waals surface area contributed by atoms with Crippen LogP contribution in [0.5, 0.6) is 11.5 Å². The highest BCUT2D eigenvalue weighted by atomic mass is 35.5. The Morgan fingerprint density at radius 2 is 1.52 bits per heavy atom. The van der Waals surface area contributed by atoms with Crippen molar-refractivity contribution in [2.75, 3.05) is 13.2 Å². The van der Waals surface area contributed by atoms with Gasteiger partial charge in [-0.2, -0.15) is 0 Å². The van der Waals surface area contributed by atoms with Crippen molar-refractivity contribution in [2.45, 2.75) is 33.4 Å². The molecule has 3 nitrogen and oxygen atoms in total. The molecule has 6 heteroatoms. The summed E-state index contributed by atoms with van der Waals surface area (Å²) in [6, 6.07) is 20.1. The molecule has 0 heterocycles. The van der Waals surface area contributed by atoms with Crippen molar-refractivity contribution in [1.82, 2.24) is 5.32 Å². The molecular formula is C25H28Cl3NO2. The second-order valence-electron chi connectivity index (χ2n) is 7.17. The molecule has 3 aromatic carbocycles. The summed E-state index contributed by atoms with van der Waals surface area (Å²) in [5.74, 6) is 1.26. The number of halogens is 3. The van der Waals surface area contributed by atoms with Gasteiger partial charge >= 0.3 is 0 Å². The van der Waals surface area contributed by atoms with Crippen LogP contribution >= 0.6 is 35.6 Å². The fourth-order valence-corrected chi connectivity index (χ4v) is 3.50. The number of hydrogen-bond acceptors (Lipinski definition) is 3. The average Bonchev–Trinajstić information content (AvgIpc) is 2.73. The largest absolute Gasteiger partial charge is 0.490 e. The second kappa shape index (κ2) is 12.8. The van der Waals surface area contributed by atoms with Gasteiger partial charge < -0.3 is 14.8 Å². The molecule has 3 rings (SSSR count). The van der Waals surface area contributed by atoms with E-state index in [1.807, 2.05) is 43.3 Å². The van der Waals surface area contributed by atoms with Gasteiger partial charge in [0.25, 0.3) is 0 Å². The van der Waals surface area contributed by atoms with Crippen LogP contribution in [0, 0.1) is 6.92 Å². The molecular weight excluding hydrogens is 453 g/mol. The third-order valence-corrected chi connectivity index (χ3v) is 5.24. The Bertz CT molecular complexity index is 944. The van der Waals surface area contributed by atoms with Gasteiger partial charge in [-0.3, -0.25) is 0 Å². The van der Waals surface area contributed by atoms with Crippen molar-refractivity contribution in [3.63, 3.8) is 0 Å². The van der Waals surface area contributed by atoms with E-state index in [2.05, 4.69) is 36.5 Å². The lowest BCUT2D eigenvalue weighted by molar-refractivity contribution is 0.269. The number of rotatable bonds is 10. The summed E-state index contributed by atoms with van der Waals surface area (Å²) < 4.78 is 11.8. The van der Waals surface area contributed by atoms with E-state index in [4.69, 9.17) is 32.7 Å². The molecule has 0 radical (unpaired) electrons. The van der Waals surface area contributed by atoms with Crippen LogP contribution in [-0.4, -0.2) is 13.2 Å². The molecule has 0 atom stereocenters. The molecule has 166 valence electrons. The fourth-order valence-electron chi connectivity index (χ4n) is 3.08. The van der Waals surface area contributed by atoms with Gasteiger partial charge in [0.1, 0.15) is 6.61 Å². The van der Waals surface area contributed by atoms with Crippen molar-refractivity contribution >= 4 is 35.6 Å². The highest BCUT2D eigenvalue weighted by Crippen LogP contribution is 2.37. The molecule has 0 aliphatic carbocycles. The lowest BCUT2D eigenvalue weighted by atomic mass is 10.1. The maximum absolute atomic E-state index is 6.54. The number of aryl methyl sites for hydroxylation is 1. The monoisotopic (exact) mass is 479 g/mol. The maximum atomic E-state index is 6.54. The predicted octanol–water partition coefficient (Wildman–Crippen LogP) is 7.03. The van der Waals surface area contributed by atoms with Crippen LogP contribution in [0.3, 0.4) is 0 Å². The molecule has 0 saturated carbocycles. The molecule has 0 aromatic heterocycles. The Labute approximate surface area is 201 Å². The van der Waals surface area contributed by atoms with Crippen LogP contribution in [0.1, 0.15) is 29.2 Å². The van der Waals surface area contributed by atoms with Crippen LogP contribution in [0.2, 0.25) is 10.0 Å². The van der Waals surface area contributed by atoms with E-state index in [0.29, 0.717) is 36.3 Å². The highest BCUT2D eigenvalue weighted by Gasteiger charge is 2.13. The molecule has 0 aliphatic heterocycles. The zero-order valence-electron chi connectivity index (χ0n) is 17.8. The third-order valence-electron chi connectivity index (χ3n) is 4.71. The van der Waals surface area contributed by atoms with Crippen LogP contribution in [0.15, 0.2) is 60.7 Å². The van der Waals surface area contributed by atoms with Gasteiger partial charge in [-0.25, -0.2) is 0 Å². The van der Waals surface area contributed by atoms with Crippen LogP contribution in [-0.2, 0) is 19.6 Å². The van der Waals surface area contributed by atoms with Crippen LogP contribution < -0.4 is 14.8 Å².